The molecule has 0 bridgehead atoms. The molecule has 2 heterocycles. The molecule has 3 aromatic rings. The summed E-state index contributed by atoms with van der Waals surface area (Å²) in [5, 5.41) is 2.92. The molecule has 0 amide bonds. The number of halogens is 1. The maximum absolute atomic E-state index is 12.1. The van der Waals surface area contributed by atoms with Crippen LogP contribution >= 0.6 is 22.9 Å². The third kappa shape index (κ3) is 2.20. The number of hydrogen-bond donors (Lipinski definition) is 2. The summed E-state index contributed by atoms with van der Waals surface area (Å²) in [4.78, 5) is 6.75. The number of aromatic amines is 1. The van der Waals surface area contributed by atoms with Gasteiger partial charge in [-0.2, -0.15) is 8.42 Å². The first-order chi connectivity index (χ1) is 9.08. The number of H-pyrrole nitrogens is 1. The van der Waals surface area contributed by atoms with Gasteiger partial charge >= 0.3 is 0 Å². The third-order valence-electron chi connectivity index (χ3n) is 2.55. The van der Waals surface area contributed by atoms with E-state index >= 15 is 0 Å². The highest BCUT2D eigenvalue weighted by Crippen LogP contribution is 2.29. The Morgan fingerprint density at radius 3 is 2.95 bits per heavy atom. The molecule has 2 N–H and O–H groups in total. The molecule has 0 aliphatic carbocycles. The third-order valence-corrected chi connectivity index (χ3v) is 5.43. The SMILES string of the molecule is O=S(=O)(Nc1cccc2c(Cl)c[nH]c12)c1nccs1. The fraction of sp³-hybridized carbons (Fsp3) is 0. The summed E-state index contributed by atoms with van der Waals surface area (Å²) in [6.45, 7) is 0. The number of sulfonamides is 1. The van der Waals surface area contributed by atoms with Crippen molar-refractivity contribution in [1.82, 2.24) is 9.97 Å². The lowest BCUT2D eigenvalue weighted by molar-refractivity contribution is 0.600. The zero-order valence-corrected chi connectivity index (χ0v) is 11.8. The van der Waals surface area contributed by atoms with Crippen molar-refractivity contribution >= 4 is 49.6 Å². The second kappa shape index (κ2) is 4.52. The Balaban J connectivity index is 2.07. The molecule has 0 radical (unpaired) electrons. The van der Waals surface area contributed by atoms with E-state index in [-0.39, 0.29) is 4.34 Å². The predicted octanol–water partition coefficient (Wildman–Crippen LogP) is 3.08. The molecule has 19 heavy (non-hydrogen) atoms. The standard InChI is InChI=1S/C11H8ClN3O2S2/c12-8-6-14-10-7(8)2-1-3-9(10)15-19(16,17)11-13-4-5-18-11/h1-6,14-15H. The molecular weight excluding hydrogens is 306 g/mol. The summed E-state index contributed by atoms with van der Waals surface area (Å²) in [6, 6.07) is 5.22. The van der Waals surface area contributed by atoms with Crippen LogP contribution < -0.4 is 4.72 Å². The van der Waals surface area contributed by atoms with Crippen LogP contribution in [-0.4, -0.2) is 18.4 Å². The van der Waals surface area contributed by atoms with E-state index in [0.29, 0.717) is 16.2 Å². The van der Waals surface area contributed by atoms with Gasteiger partial charge in [-0.3, -0.25) is 4.72 Å². The molecule has 3 rings (SSSR count). The number of fused-ring (bicyclic) bond motifs is 1. The number of nitrogens with zero attached hydrogens (tertiary/aromatic N) is 1. The van der Waals surface area contributed by atoms with E-state index < -0.39 is 10.0 Å². The molecule has 0 aliphatic rings. The Morgan fingerprint density at radius 2 is 2.21 bits per heavy atom. The maximum atomic E-state index is 12.1. The second-order valence-electron chi connectivity index (χ2n) is 3.77. The summed E-state index contributed by atoms with van der Waals surface area (Å²) in [5.41, 5.74) is 1.09. The van der Waals surface area contributed by atoms with Crippen LogP contribution in [0.1, 0.15) is 0 Å². The minimum atomic E-state index is -3.66. The molecule has 2 aromatic heterocycles. The van der Waals surface area contributed by atoms with Crippen molar-refractivity contribution in [2.45, 2.75) is 4.34 Å². The zero-order chi connectivity index (χ0) is 13.5. The van der Waals surface area contributed by atoms with Crippen molar-refractivity contribution in [2.24, 2.45) is 0 Å². The Kier molecular flexibility index (Phi) is 2.96. The second-order valence-corrected chi connectivity index (χ2v) is 6.93. The Labute approximate surface area is 118 Å². The smallest absolute Gasteiger partial charge is 0.289 e. The highest BCUT2D eigenvalue weighted by atomic mass is 35.5. The van der Waals surface area contributed by atoms with E-state index in [1.54, 1.807) is 23.7 Å². The number of anilines is 1. The lowest BCUT2D eigenvalue weighted by atomic mass is 10.2. The van der Waals surface area contributed by atoms with E-state index in [0.717, 1.165) is 16.7 Å². The molecule has 98 valence electrons. The maximum Gasteiger partial charge on any atom is 0.289 e. The molecular formula is C11H8ClN3O2S2. The highest BCUT2D eigenvalue weighted by molar-refractivity contribution is 7.94. The van der Waals surface area contributed by atoms with Gasteiger partial charge in [0.1, 0.15) is 0 Å². The fourth-order valence-corrected chi connectivity index (χ4v) is 3.85. The number of para-hydroxylation sites is 1. The Morgan fingerprint density at radius 1 is 1.37 bits per heavy atom. The monoisotopic (exact) mass is 313 g/mol. The topological polar surface area (TPSA) is 74.8 Å². The van der Waals surface area contributed by atoms with Crippen LogP contribution in [0.3, 0.4) is 0 Å². The van der Waals surface area contributed by atoms with E-state index in [9.17, 15) is 8.42 Å². The van der Waals surface area contributed by atoms with Gasteiger partial charge in [0.25, 0.3) is 10.0 Å². The van der Waals surface area contributed by atoms with E-state index in [1.807, 2.05) is 6.07 Å². The van der Waals surface area contributed by atoms with Crippen LogP contribution in [-0.2, 0) is 10.0 Å². The molecule has 0 unspecified atom stereocenters. The lowest BCUT2D eigenvalue weighted by Gasteiger charge is -2.06. The number of hydrogen-bond acceptors (Lipinski definition) is 4. The first-order valence-electron chi connectivity index (χ1n) is 5.26. The normalized spacial score (nSPS) is 11.8. The largest absolute Gasteiger partial charge is 0.358 e. The molecule has 0 aliphatic heterocycles. The van der Waals surface area contributed by atoms with Crippen LogP contribution in [0.5, 0.6) is 0 Å². The summed E-state index contributed by atoms with van der Waals surface area (Å²) < 4.78 is 26.7. The van der Waals surface area contributed by atoms with Crippen LogP contribution in [0.15, 0.2) is 40.3 Å². The van der Waals surface area contributed by atoms with Gasteiger partial charge in [0.15, 0.2) is 0 Å². The average Bonchev–Trinajstić information content (AvgIpc) is 3.00. The van der Waals surface area contributed by atoms with Crippen LogP contribution in [0, 0.1) is 0 Å². The number of aromatic nitrogens is 2. The summed E-state index contributed by atoms with van der Waals surface area (Å²) in [7, 11) is -3.66. The predicted molar refractivity (Wildman–Crippen MR) is 76.2 cm³/mol. The van der Waals surface area contributed by atoms with Crippen molar-refractivity contribution in [3.63, 3.8) is 0 Å². The molecule has 1 aromatic carbocycles. The first kappa shape index (κ1) is 12.5. The van der Waals surface area contributed by atoms with Crippen molar-refractivity contribution in [3.8, 4) is 0 Å². The molecule has 0 spiro atoms. The van der Waals surface area contributed by atoms with Gasteiger partial charge in [-0.1, -0.05) is 23.7 Å². The fourth-order valence-electron chi connectivity index (χ4n) is 1.74. The quantitative estimate of drug-likeness (QED) is 0.780. The number of nitrogens with one attached hydrogen (secondary N) is 2. The molecule has 5 nitrogen and oxygen atoms in total. The van der Waals surface area contributed by atoms with Crippen molar-refractivity contribution < 1.29 is 8.42 Å². The summed E-state index contributed by atoms with van der Waals surface area (Å²) in [5.74, 6) is 0. The van der Waals surface area contributed by atoms with E-state index in [2.05, 4.69) is 14.7 Å². The zero-order valence-electron chi connectivity index (χ0n) is 9.42. The van der Waals surface area contributed by atoms with Crippen molar-refractivity contribution in [3.05, 3.63) is 41.0 Å². The summed E-state index contributed by atoms with van der Waals surface area (Å²) in [6.07, 6.45) is 3.07. The first-order valence-corrected chi connectivity index (χ1v) is 8.00. The molecule has 0 fully saturated rings. The van der Waals surface area contributed by atoms with Crippen molar-refractivity contribution in [2.75, 3.05) is 4.72 Å². The molecule has 8 heteroatoms. The van der Waals surface area contributed by atoms with Crippen LogP contribution in [0.4, 0.5) is 5.69 Å². The molecule has 0 saturated carbocycles. The highest BCUT2D eigenvalue weighted by Gasteiger charge is 2.18. The van der Waals surface area contributed by atoms with Gasteiger partial charge in [-0.15, -0.1) is 11.3 Å². The van der Waals surface area contributed by atoms with Gasteiger partial charge in [-0.25, -0.2) is 4.98 Å². The number of thiazole rings is 1. The number of benzene rings is 1. The minimum absolute atomic E-state index is 0.0298. The lowest BCUT2D eigenvalue weighted by Crippen LogP contribution is -2.12. The molecule has 0 atom stereocenters. The van der Waals surface area contributed by atoms with Gasteiger partial charge in [0.05, 0.1) is 16.2 Å². The van der Waals surface area contributed by atoms with Crippen LogP contribution in [0.25, 0.3) is 10.9 Å². The van der Waals surface area contributed by atoms with Gasteiger partial charge < -0.3 is 4.98 Å². The van der Waals surface area contributed by atoms with Gasteiger partial charge in [0.2, 0.25) is 4.34 Å². The average molecular weight is 314 g/mol. The van der Waals surface area contributed by atoms with E-state index in [4.69, 9.17) is 11.6 Å². The summed E-state index contributed by atoms with van der Waals surface area (Å²) >= 11 is 7.06. The Hall–Kier alpha value is -1.57. The van der Waals surface area contributed by atoms with Crippen LogP contribution in [0.2, 0.25) is 5.02 Å². The number of rotatable bonds is 3. The van der Waals surface area contributed by atoms with E-state index in [1.165, 1.54) is 6.20 Å². The van der Waals surface area contributed by atoms with Gasteiger partial charge in [0, 0.05) is 23.2 Å². The molecule has 0 saturated heterocycles. The minimum Gasteiger partial charge on any atom is -0.358 e. The Bertz CT molecular complexity index is 825. The van der Waals surface area contributed by atoms with Gasteiger partial charge in [-0.05, 0) is 6.07 Å². The van der Waals surface area contributed by atoms with Crippen molar-refractivity contribution in [1.29, 1.82) is 0 Å².